The summed E-state index contributed by atoms with van der Waals surface area (Å²) in [5.41, 5.74) is 2.54. The molecule has 0 heterocycles. The molecule has 236 valence electrons. The molecule has 3 aromatic carbocycles. The van der Waals surface area contributed by atoms with Crippen molar-refractivity contribution in [2.45, 2.75) is 45.4 Å². The number of carbonyl (C=O) groups is 2. The van der Waals surface area contributed by atoms with Crippen molar-refractivity contribution < 1.29 is 33.1 Å². The van der Waals surface area contributed by atoms with E-state index in [1.54, 1.807) is 38.1 Å². The van der Waals surface area contributed by atoms with Gasteiger partial charge >= 0.3 is 0 Å². The Hall–Kier alpha value is -4.35. The molecule has 0 spiro atoms. The maximum absolute atomic E-state index is 14.0. The second-order valence-corrected chi connectivity index (χ2v) is 10.5. The van der Waals surface area contributed by atoms with E-state index in [1.807, 2.05) is 31.2 Å². The number of hydrogen-bond donors (Lipinski definition) is 3. The number of oxime groups is 1. The predicted octanol–water partition coefficient (Wildman–Crippen LogP) is 4.32. The molecule has 0 aliphatic heterocycles. The predicted molar refractivity (Wildman–Crippen MR) is 165 cm³/mol. The number of nitrogens with one attached hydrogen (secondary N) is 2. The molecule has 0 saturated heterocycles. The normalized spacial score (nSPS) is 12.8. The molecule has 0 aliphatic rings. The summed E-state index contributed by atoms with van der Waals surface area (Å²) in [4.78, 5) is 33.3. The van der Waals surface area contributed by atoms with E-state index in [9.17, 15) is 23.5 Å². The number of aliphatic hydroxyl groups is 1. The number of aliphatic hydroxyl groups excluding tert-OH is 1. The Morgan fingerprint density at radius 1 is 0.977 bits per heavy atom. The lowest BCUT2D eigenvalue weighted by Crippen LogP contribution is -2.48. The number of methoxy groups -OCH3 is 1. The Morgan fingerprint density at radius 3 is 2.32 bits per heavy atom. The van der Waals surface area contributed by atoms with Crippen molar-refractivity contribution in [2.24, 2.45) is 5.16 Å². The van der Waals surface area contributed by atoms with E-state index in [4.69, 9.17) is 9.57 Å². The monoisotopic (exact) mass is 610 g/mol. The Kier molecular flexibility index (Phi) is 12.8. The lowest BCUT2D eigenvalue weighted by Gasteiger charge is -2.25. The van der Waals surface area contributed by atoms with Crippen molar-refractivity contribution >= 4 is 17.5 Å². The molecule has 0 bridgehead atoms. The van der Waals surface area contributed by atoms with Gasteiger partial charge in [0.1, 0.15) is 24.5 Å². The van der Waals surface area contributed by atoms with Crippen LogP contribution in [-0.2, 0) is 17.8 Å². The van der Waals surface area contributed by atoms with Crippen molar-refractivity contribution in [3.8, 4) is 5.75 Å². The van der Waals surface area contributed by atoms with Crippen molar-refractivity contribution in [3.63, 3.8) is 0 Å². The van der Waals surface area contributed by atoms with Gasteiger partial charge in [0.05, 0.1) is 25.0 Å². The number of ether oxygens (including phenoxy) is 1. The molecule has 3 aromatic rings. The van der Waals surface area contributed by atoms with E-state index in [0.717, 1.165) is 30.2 Å². The molecule has 0 fully saturated rings. The number of carbonyl (C=O) groups excluding carboxylic acids is 2. The molecule has 3 N–H and O–H groups in total. The molecular formula is C33H40F2N4O5. The first-order chi connectivity index (χ1) is 21.0. The number of rotatable bonds is 15. The maximum Gasteiger partial charge on any atom is 0.253 e. The maximum atomic E-state index is 14.0. The highest BCUT2D eigenvalue weighted by atomic mass is 19.1. The first-order valence-electron chi connectivity index (χ1n) is 14.3. The van der Waals surface area contributed by atoms with Gasteiger partial charge in [-0.15, -0.1) is 0 Å². The Labute approximate surface area is 256 Å². The van der Waals surface area contributed by atoms with Crippen LogP contribution >= 0.6 is 0 Å². The molecular weight excluding hydrogens is 570 g/mol. The number of hydrogen-bond acceptors (Lipinski definition) is 7. The molecule has 0 unspecified atom stereocenters. The summed E-state index contributed by atoms with van der Waals surface area (Å²) in [6, 6.07) is 14.2. The summed E-state index contributed by atoms with van der Waals surface area (Å²) in [6.07, 6.45) is -0.448. The lowest BCUT2D eigenvalue weighted by atomic mass is 9.98. The van der Waals surface area contributed by atoms with Gasteiger partial charge in [-0.25, -0.2) is 8.78 Å². The molecule has 11 heteroatoms. The van der Waals surface area contributed by atoms with Gasteiger partial charge in [-0.3, -0.25) is 9.59 Å². The quantitative estimate of drug-likeness (QED) is 0.175. The van der Waals surface area contributed by atoms with Crippen LogP contribution < -0.4 is 15.4 Å². The molecule has 2 atom stereocenters. The Bertz CT molecular complexity index is 1450. The average molecular weight is 611 g/mol. The van der Waals surface area contributed by atoms with Crippen LogP contribution in [0.15, 0.2) is 65.8 Å². The number of benzene rings is 3. The molecule has 2 amide bonds. The van der Waals surface area contributed by atoms with Crippen molar-refractivity contribution in [1.82, 2.24) is 15.5 Å². The first kappa shape index (κ1) is 34.1. The zero-order valence-electron chi connectivity index (χ0n) is 25.7. The topological polar surface area (TPSA) is 112 Å². The second kappa shape index (κ2) is 16.5. The summed E-state index contributed by atoms with van der Waals surface area (Å²) in [5, 5.41) is 21.1. The summed E-state index contributed by atoms with van der Waals surface area (Å²) in [6.45, 7) is 4.63. The number of halogens is 2. The number of amides is 2. The Balaban J connectivity index is 1.89. The Morgan fingerprint density at radius 2 is 1.66 bits per heavy atom. The van der Waals surface area contributed by atoms with Crippen LogP contribution in [0.5, 0.6) is 5.75 Å². The molecule has 0 aromatic heterocycles. The highest BCUT2D eigenvalue weighted by molar-refractivity contribution is 6.06. The van der Waals surface area contributed by atoms with Gasteiger partial charge in [0.2, 0.25) is 0 Å². The first-order valence-corrected chi connectivity index (χ1v) is 14.3. The fraction of sp³-hybridized carbons (Fsp3) is 0.364. The highest BCUT2D eigenvalue weighted by Crippen LogP contribution is 2.17. The van der Waals surface area contributed by atoms with Gasteiger partial charge in [0, 0.05) is 49.4 Å². The van der Waals surface area contributed by atoms with Crippen molar-refractivity contribution in [1.29, 1.82) is 0 Å². The third-order valence-corrected chi connectivity index (χ3v) is 6.97. The van der Waals surface area contributed by atoms with E-state index < -0.39 is 29.7 Å². The molecule has 9 nitrogen and oxygen atoms in total. The molecule has 0 radical (unpaired) electrons. The molecule has 44 heavy (non-hydrogen) atoms. The zero-order chi connectivity index (χ0) is 32.2. The summed E-state index contributed by atoms with van der Waals surface area (Å²) < 4.78 is 33.3. The summed E-state index contributed by atoms with van der Waals surface area (Å²) in [5.74, 6) is -1.71. The SMILES string of the molecule is CCCN(C)C(=O)c1cc(C(=O)N[C@@H](Cc2cc(F)cc(F)c2)[C@H](O)CNCc2cccc(OC)c2)cc(C(C)=NOC)c1. The summed E-state index contributed by atoms with van der Waals surface area (Å²) in [7, 11) is 4.64. The number of nitrogens with zero attached hydrogens (tertiary/aromatic N) is 2. The van der Waals surface area contributed by atoms with Crippen molar-refractivity contribution in [2.75, 3.05) is 34.4 Å². The van der Waals surface area contributed by atoms with Crippen LogP contribution in [0.3, 0.4) is 0 Å². The van der Waals surface area contributed by atoms with Gasteiger partial charge in [-0.2, -0.15) is 0 Å². The lowest BCUT2D eigenvalue weighted by molar-refractivity contribution is 0.0795. The fourth-order valence-electron chi connectivity index (χ4n) is 4.74. The minimum absolute atomic E-state index is 0.0582. The van der Waals surface area contributed by atoms with Gasteiger partial charge < -0.3 is 30.2 Å². The van der Waals surface area contributed by atoms with E-state index in [2.05, 4.69) is 15.8 Å². The molecule has 3 rings (SSSR count). The zero-order valence-corrected chi connectivity index (χ0v) is 25.7. The van der Waals surface area contributed by atoms with Crippen LogP contribution in [0, 0.1) is 11.6 Å². The standard InChI is InChI=1S/C33H40F2N4O5/c1-6-10-39(3)33(42)26-16-24(21(2)38-44-5)15-25(17-26)32(41)37-30(14-23-11-27(34)18-28(35)12-23)31(40)20-36-19-22-8-7-9-29(13-22)43-4/h7-9,11-13,15-18,30-31,36,40H,6,10,14,19-20H2,1-5H3,(H,37,41)/t30-,31+/m0/s1. The van der Waals surface area contributed by atoms with Gasteiger partial charge in [-0.05, 0) is 73.4 Å². The third kappa shape index (κ3) is 9.85. The van der Waals surface area contributed by atoms with Crippen molar-refractivity contribution in [3.05, 3.63) is 100 Å². The largest absolute Gasteiger partial charge is 0.497 e. The van der Waals surface area contributed by atoms with Crippen LogP contribution in [-0.4, -0.2) is 74.0 Å². The van der Waals surface area contributed by atoms with Crippen LogP contribution in [0.2, 0.25) is 0 Å². The van der Waals surface area contributed by atoms with Crippen LogP contribution in [0.25, 0.3) is 0 Å². The van der Waals surface area contributed by atoms with Gasteiger partial charge in [0.15, 0.2) is 0 Å². The second-order valence-electron chi connectivity index (χ2n) is 10.5. The average Bonchev–Trinajstić information content (AvgIpc) is 2.99. The van der Waals surface area contributed by atoms with E-state index in [0.29, 0.717) is 30.1 Å². The molecule has 0 saturated carbocycles. The van der Waals surface area contributed by atoms with Crippen LogP contribution in [0.1, 0.15) is 57.7 Å². The van der Waals surface area contributed by atoms with Crippen LogP contribution in [0.4, 0.5) is 8.78 Å². The minimum Gasteiger partial charge on any atom is -0.497 e. The highest BCUT2D eigenvalue weighted by Gasteiger charge is 2.24. The smallest absolute Gasteiger partial charge is 0.253 e. The van der Waals surface area contributed by atoms with E-state index in [-0.39, 0.29) is 35.6 Å². The molecule has 0 aliphatic carbocycles. The van der Waals surface area contributed by atoms with E-state index >= 15 is 0 Å². The van der Waals surface area contributed by atoms with E-state index in [1.165, 1.54) is 13.2 Å². The van der Waals surface area contributed by atoms with Gasteiger partial charge in [-0.1, -0.05) is 24.2 Å². The summed E-state index contributed by atoms with van der Waals surface area (Å²) >= 11 is 0. The fourth-order valence-corrected chi connectivity index (χ4v) is 4.74. The third-order valence-electron chi connectivity index (χ3n) is 6.97. The van der Waals surface area contributed by atoms with Gasteiger partial charge in [0.25, 0.3) is 11.8 Å². The minimum atomic E-state index is -1.15.